The van der Waals surface area contributed by atoms with E-state index in [1.165, 1.54) is 25.7 Å². The van der Waals surface area contributed by atoms with Gasteiger partial charge in [-0.05, 0) is 37.8 Å². The third-order valence-corrected chi connectivity index (χ3v) is 4.09. The molecule has 0 spiro atoms. The van der Waals surface area contributed by atoms with Crippen LogP contribution in [0.1, 0.15) is 31.2 Å². The summed E-state index contributed by atoms with van der Waals surface area (Å²) in [7, 11) is 0. The second kappa shape index (κ2) is 5.74. The summed E-state index contributed by atoms with van der Waals surface area (Å²) in [6.45, 7) is 2.01. The number of benzene rings is 1. The summed E-state index contributed by atoms with van der Waals surface area (Å²) in [5.41, 5.74) is 1.12. The molecule has 3 nitrogen and oxygen atoms in total. The van der Waals surface area contributed by atoms with Crippen molar-refractivity contribution in [3.8, 4) is 0 Å². The van der Waals surface area contributed by atoms with E-state index in [1.54, 1.807) is 0 Å². The Labute approximate surface area is 115 Å². The molecule has 3 rings (SSSR count). The Hall–Kier alpha value is -1.35. The lowest BCUT2D eigenvalue weighted by molar-refractivity contribution is -0.131. The SMILES string of the molecule is O=C(Cc1ccccc1)N(CC1CCCN1)C1CC1. The highest BCUT2D eigenvalue weighted by atomic mass is 16.2. The Bertz CT molecular complexity index is 422. The van der Waals surface area contributed by atoms with Crippen molar-refractivity contribution < 1.29 is 4.79 Å². The molecule has 1 heterocycles. The van der Waals surface area contributed by atoms with Crippen molar-refractivity contribution in [1.82, 2.24) is 10.2 Å². The van der Waals surface area contributed by atoms with Crippen molar-refractivity contribution in [2.75, 3.05) is 13.1 Å². The summed E-state index contributed by atoms with van der Waals surface area (Å²) in [5, 5.41) is 3.49. The molecule has 1 aliphatic carbocycles. The molecular weight excluding hydrogens is 236 g/mol. The molecule has 2 fully saturated rings. The van der Waals surface area contributed by atoms with Gasteiger partial charge < -0.3 is 10.2 Å². The van der Waals surface area contributed by atoms with E-state index in [0.29, 0.717) is 24.4 Å². The zero-order valence-electron chi connectivity index (χ0n) is 11.3. The lowest BCUT2D eigenvalue weighted by atomic mass is 10.1. The van der Waals surface area contributed by atoms with Gasteiger partial charge in [-0.1, -0.05) is 30.3 Å². The summed E-state index contributed by atoms with van der Waals surface area (Å²) in [5.74, 6) is 0.294. The van der Waals surface area contributed by atoms with Crippen LogP contribution in [-0.4, -0.2) is 36.0 Å². The van der Waals surface area contributed by atoms with Gasteiger partial charge in [0.25, 0.3) is 0 Å². The van der Waals surface area contributed by atoms with Crippen molar-refractivity contribution in [3.63, 3.8) is 0 Å². The molecule has 1 aromatic rings. The van der Waals surface area contributed by atoms with Crippen LogP contribution in [0.3, 0.4) is 0 Å². The maximum absolute atomic E-state index is 12.5. The molecule has 1 N–H and O–H groups in total. The Morgan fingerprint density at radius 1 is 1.21 bits per heavy atom. The van der Waals surface area contributed by atoms with Crippen molar-refractivity contribution in [1.29, 1.82) is 0 Å². The normalized spacial score (nSPS) is 22.4. The number of carbonyl (C=O) groups is 1. The summed E-state index contributed by atoms with van der Waals surface area (Å²) in [6.07, 6.45) is 5.38. The Morgan fingerprint density at radius 2 is 2.00 bits per heavy atom. The van der Waals surface area contributed by atoms with Gasteiger partial charge in [0.1, 0.15) is 0 Å². The van der Waals surface area contributed by atoms with Gasteiger partial charge in [0, 0.05) is 18.6 Å². The molecular formula is C16H22N2O. The average molecular weight is 258 g/mol. The number of amides is 1. The summed E-state index contributed by atoms with van der Waals surface area (Å²) < 4.78 is 0. The molecule has 2 aliphatic rings. The maximum Gasteiger partial charge on any atom is 0.227 e. The standard InChI is InChI=1S/C16H22N2O/c19-16(11-13-5-2-1-3-6-13)18(15-8-9-15)12-14-7-4-10-17-14/h1-3,5-6,14-15,17H,4,7-12H2. The lowest BCUT2D eigenvalue weighted by Crippen LogP contribution is -2.43. The summed E-state index contributed by atoms with van der Waals surface area (Å²) >= 11 is 0. The first kappa shape index (κ1) is 12.7. The van der Waals surface area contributed by atoms with Crippen molar-refractivity contribution in [3.05, 3.63) is 35.9 Å². The van der Waals surface area contributed by atoms with Crippen LogP contribution < -0.4 is 5.32 Å². The van der Waals surface area contributed by atoms with Gasteiger partial charge in [0.15, 0.2) is 0 Å². The van der Waals surface area contributed by atoms with Crippen LogP contribution in [0.25, 0.3) is 0 Å². The number of rotatable bonds is 5. The van der Waals surface area contributed by atoms with E-state index in [0.717, 1.165) is 18.7 Å². The van der Waals surface area contributed by atoms with Gasteiger partial charge in [0.2, 0.25) is 5.91 Å². The van der Waals surface area contributed by atoms with E-state index in [9.17, 15) is 4.79 Å². The van der Waals surface area contributed by atoms with Crippen LogP contribution in [0.15, 0.2) is 30.3 Å². The predicted molar refractivity (Wildman–Crippen MR) is 75.9 cm³/mol. The number of hydrogen-bond acceptors (Lipinski definition) is 2. The van der Waals surface area contributed by atoms with Gasteiger partial charge in [-0.15, -0.1) is 0 Å². The molecule has 1 amide bonds. The molecule has 1 aromatic carbocycles. The van der Waals surface area contributed by atoms with Crippen LogP contribution in [0.4, 0.5) is 0 Å². The molecule has 1 aliphatic heterocycles. The fraction of sp³-hybridized carbons (Fsp3) is 0.562. The highest BCUT2D eigenvalue weighted by molar-refractivity contribution is 5.79. The molecule has 19 heavy (non-hydrogen) atoms. The topological polar surface area (TPSA) is 32.3 Å². The molecule has 1 atom stereocenters. The van der Waals surface area contributed by atoms with Gasteiger partial charge in [-0.2, -0.15) is 0 Å². The van der Waals surface area contributed by atoms with Gasteiger partial charge >= 0.3 is 0 Å². The minimum absolute atomic E-state index is 0.294. The largest absolute Gasteiger partial charge is 0.338 e. The second-order valence-corrected chi connectivity index (χ2v) is 5.73. The van der Waals surface area contributed by atoms with E-state index in [4.69, 9.17) is 0 Å². The molecule has 1 saturated heterocycles. The number of carbonyl (C=O) groups excluding carboxylic acids is 1. The summed E-state index contributed by atoms with van der Waals surface area (Å²) in [6, 6.07) is 11.1. The Balaban J connectivity index is 1.61. The van der Waals surface area contributed by atoms with Crippen LogP contribution in [0.2, 0.25) is 0 Å². The summed E-state index contributed by atoms with van der Waals surface area (Å²) in [4.78, 5) is 14.6. The van der Waals surface area contributed by atoms with Gasteiger partial charge in [-0.3, -0.25) is 4.79 Å². The Morgan fingerprint density at radius 3 is 2.63 bits per heavy atom. The third-order valence-electron chi connectivity index (χ3n) is 4.09. The maximum atomic E-state index is 12.5. The highest BCUT2D eigenvalue weighted by Crippen LogP contribution is 2.28. The molecule has 0 bridgehead atoms. The number of nitrogens with zero attached hydrogens (tertiary/aromatic N) is 1. The van der Waals surface area contributed by atoms with Crippen LogP contribution in [-0.2, 0) is 11.2 Å². The van der Waals surface area contributed by atoms with Crippen molar-refractivity contribution in [2.45, 2.75) is 44.2 Å². The lowest BCUT2D eigenvalue weighted by Gasteiger charge is -2.26. The minimum Gasteiger partial charge on any atom is -0.338 e. The van der Waals surface area contributed by atoms with E-state index in [2.05, 4.69) is 10.2 Å². The van der Waals surface area contributed by atoms with Gasteiger partial charge in [0.05, 0.1) is 6.42 Å². The van der Waals surface area contributed by atoms with Gasteiger partial charge in [-0.25, -0.2) is 0 Å². The molecule has 3 heteroatoms. The first-order chi connectivity index (χ1) is 9.33. The zero-order chi connectivity index (χ0) is 13.1. The van der Waals surface area contributed by atoms with Crippen molar-refractivity contribution in [2.24, 2.45) is 0 Å². The second-order valence-electron chi connectivity index (χ2n) is 5.73. The smallest absolute Gasteiger partial charge is 0.227 e. The van der Waals surface area contributed by atoms with E-state index >= 15 is 0 Å². The fourth-order valence-corrected chi connectivity index (χ4v) is 2.86. The van der Waals surface area contributed by atoms with E-state index in [-0.39, 0.29) is 0 Å². The van der Waals surface area contributed by atoms with Crippen LogP contribution >= 0.6 is 0 Å². The van der Waals surface area contributed by atoms with Crippen LogP contribution in [0.5, 0.6) is 0 Å². The molecule has 0 aromatic heterocycles. The number of nitrogens with one attached hydrogen (secondary N) is 1. The highest BCUT2D eigenvalue weighted by Gasteiger charge is 2.34. The van der Waals surface area contributed by atoms with E-state index in [1.807, 2.05) is 30.3 Å². The first-order valence-electron chi connectivity index (χ1n) is 7.40. The molecule has 102 valence electrons. The first-order valence-corrected chi connectivity index (χ1v) is 7.40. The monoisotopic (exact) mass is 258 g/mol. The average Bonchev–Trinajstić information content (AvgIpc) is 3.14. The quantitative estimate of drug-likeness (QED) is 0.876. The van der Waals surface area contributed by atoms with E-state index < -0.39 is 0 Å². The fourth-order valence-electron chi connectivity index (χ4n) is 2.86. The molecule has 1 unspecified atom stereocenters. The zero-order valence-corrected chi connectivity index (χ0v) is 11.3. The van der Waals surface area contributed by atoms with Crippen LogP contribution in [0, 0.1) is 0 Å². The minimum atomic E-state index is 0.294. The number of hydrogen-bond donors (Lipinski definition) is 1. The predicted octanol–water partition coefficient (Wildman–Crippen LogP) is 1.97. The third kappa shape index (κ3) is 3.35. The molecule has 1 saturated carbocycles. The molecule has 0 radical (unpaired) electrons. The van der Waals surface area contributed by atoms with Crippen molar-refractivity contribution >= 4 is 5.91 Å². The Kier molecular flexibility index (Phi) is 3.83.